The van der Waals surface area contributed by atoms with Crippen molar-refractivity contribution in [2.75, 3.05) is 0 Å². The van der Waals surface area contributed by atoms with Gasteiger partial charge >= 0.3 is 12.5 Å². The van der Waals surface area contributed by atoms with Crippen molar-refractivity contribution in [2.24, 2.45) is 5.73 Å². The molecule has 1 rings (SSSR count). The van der Waals surface area contributed by atoms with Crippen molar-refractivity contribution in [3.05, 3.63) is 29.8 Å². The summed E-state index contributed by atoms with van der Waals surface area (Å²) >= 11 is 0. The summed E-state index contributed by atoms with van der Waals surface area (Å²) in [4.78, 5) is 0. The predicted octanol–water partition coefficient (Wildman–Crippen LogP) is 3.12. The number of nitrogens with two attached hydrogens (primary N) is 1. The number of halogens is 5. The van der Waals surface area contributed by atoms with Crippen LogP contribution in [0.4, 0.5) is 17.6 Å². The minimum absolute atomic E-state index is 0. The van der Waals surface area contributed by atoms with Gasteiger partial charge < -0.3 is 15.6 Å². The summed E-state index contributed by atoms with van der Waals surface area (Å²) in [5.41, 5.74) is 5.74. The maximum atomic E-state index is 12.9. The van der Waals surface area contributed by atoms with Crippen LogP contribution in [-0.4, -0.2) is 23.7 Å². The first-order valence-corrected chi connectivity index (χ1v) is 5.67. The molecule has 0 aromatic heterocycles. The number of alkyl halides is 4. The van der Waals surface area contributed by atoms with Crippen molar-refractivity contribution >= 4 is 12.4 Å². The Balaban J connectivity index is 0.00000361. The van der Waals surface area contributed by atoms with E-state index in [2.05, 4.69) is 4.74 Å². The van der Waals surface area contributed by atoms with Gasteiger partial charge in [-0.2, -0.15) is 17.6 Å². The molecule has 3 nitrogen and oxygen atoms in total. The molecule has 0 heterocycles. The van der Waals surface area contributed by atoms with Crippen molar-refractivity contribution in [3.8, 4) is 5.75 Å². The SMILES string of the molecule is CC[C@H](O)[C@H](N)c1ccccc1OC(F)(F)C(F)F.Cl. The first-order chi connectivity index (χ1) is 8.79. The van der Waals surface area contributed by atoms with Crippen LogP contribution < -0.4 is 10.5 Å². The Morgan fingerprint density at radius 1 is 1.30 bits per heavy atom. The molecule has 1 aromatic rings. The summed E-state index contributed by atoms with van der Waals surface area (Å²) in [6.45, 7) is 1.65. The summed E-state index contributed by atoms with van der Waals surface area (Å²) in [6.07, 6.45) is -9.24. The molecule has 0 saturated heterocycles. The Kier molecular flexibility index (Phi) is 7.26. The van der Waals surface area contributed by atoms with Gasteiger partial charge in [-0.3, -0.25) is 0 Å². The smallest absolute Gasteiger partial charge is 0.428 e. The summed E-state index contributed by atoms with van der Waals surface area (Å²) < 4.78 is 54.0. The minimum atomic E-state index is -4.60. The van der Waals surface area contributed by atoms with Crippen LogP contribution in [0.15, 0.2) is 24.3 Å². The van der Waals surface area contributed by atoms with Gasteiger partial charge in [-0.05, 0) is 12.5 Å². The van der Waals surface area contributed by atoms with Crippen molar-refractivity contribution < 1.29 is 27.4 Å². The van der Waals surface area contributed by atoms with E-state index in [1.165, 1.54) is 18.2 Å². The molecule has 0 fully saturated rings. The van der Waals surface area contributed by atoms with Crippen LogP contribution in [0.25, 0.3) is 0 Å². The fourth-order valence-electron chi connectivity index (χ4n) is 1.50. The second-order valence-electron chi connectivity index (χ2n) is 4.00. The number of hydrogen-bond donors (Lipinski definition) is 2. The van der Waals surface area contributed by atoms with E-state index >= 15 is 0 Å². The zero-order chi connectivity index (χ0) is 14.6. The van der Waals surface area contributed by atoms with Crippen LogP contribution in [-0.2, 0) is 0 Å². The molecule has 0 amide bonds. The lowest BCUT2D eigenvalue weighted by molar-refractivity contribution is -0.253. The third kappa shape index (κ3) is 4.50. The lowest BCUT2D eigenvalue weighted by Gasteiger charge is -2.23. The first kappa shape index (κ1) is 18.9. The third-order valence-electron chi connectivity index (χ3n) is 2.61. The van der Waals surface area contributed by atoms with Gasteiger partial charge in [0.05, 0.1) is 12.1 Å². The second kappa shape index (κ2) is 7.66. The van der Waals surface area contributed by atoms with E-state index in [9.17, 15) is 22.7 Å². The van der Waals surface area contributed by atoms with Gasteiger partial charge in [-0.25, -0.2) is 0 Å². The van der Waals surface area contributed by atoms with Crippen LogP contribution in [0.3, 0.4) is 0 Å². The molecule has 0 aliphatic carbocycles. The van der Waals surface area contributed by atoms with Gasteiger partial charge in [-0.15, -0.1) is 12.4 Å². The molecule has 2 atom stereocenters. The molecule has 0 aliphatic rings. The van der Waals surface area contributed by atoms with Gasteiger partial charge in [0.2, 0.25) is 0 Å². The van der Waals surface area contributed by atoms with Gasteiger partial charge in [0.25, 0.3) is 0 Å². The highest BCUT2D eigenvalue weighted by Gasteiger charge is 2.44. The Morgan fingerprint density at radius 3 is 2.35 bits per heavy atom. The van der Waals surface area contributed by atoms with Crippen LogP contribution >= 0.6 is 12.4 Å². The van der Waals surface area contributed by atoms with Crippen molar-refractivity contribution in [1.29, 1.82) is 0 Å². The summed E-state index contributed by atoms with van der Waals surface area (Å²) in [5.74, 6) is -0.465. The standard InChI is InChI=1S/C12H15F4NO2.ClH/c1-2-8(18)10(17)7-5-3-4-6-9(7)19-12(15,16)11(13)14;/h3-6,8,10-11,18H,2,17H2,1H3;1H/t8-,10+;/m0./s1. The number of rotatable bonds is 6. The highest BCUT2D eigenvalue weighted by atomic mass is 35.5. The quantitative estimate of drug-likeness (QED) is 0.793. The summed E-state index contributed by atoms with van der Waals surface area (Å²) in [7, 11) is 0. The monoisotopic (exact) mass is 317 g/mol. The van der Waals surface area contributed by atoms with Crippen LogP contribution in [0.2, 0.25) is 0 Å². The molecule has 116 valence electrons. The highest BCUT2D eigenvalue weighted by molar-refractivity contribution is 5.85. The molecule has 3 N–H and O–H groups in total. The van der Waals surface area contributed by atoms with Gasteiger partial charge in [0.1, 0.15) is 5.75 Å². The number of hydrogen-bond acceptors (Lipinski definition) is 3. The molecule has 1 aromatic carbocycles. The van der Waals surface area contributed by atoms with Crippen LogP contribution in [0.1, 0.15) is 24.9 Å². The van der Waals surface area contributed by atoms with Crippen molar-refractivity contribution in [1.82, 2.24) is 0 Å². The maximum Gasteiger partial charge on any atom is 0.461 e. The van der Waals surface area contributed by atoms with E-state index in [-0.39, 0.29) is 18.0 Å². The highest BCUT2D eigenvalue weighted by Crippen LogP contribution is 2.33. The predicted molar refractivity (Wildman–Crippen MR) is 68.5 cm³/mol. The van der Waals surface area contributed by atoms with Gasteiger partial charge in [0.15, 0.2) is 0 Å². The van der Waals surface area contributed by atoms with E-state index < -0.39 is 30.4 Å². The minimum Gasteiger partial charge on any atom is -0.428 e. The molecule has 0 spiro atoms. The van der Waals surface area contributed by atoms with E-state index in [4.69, 9.17) is 5.73 Å². The lowest BCUT2D eigenvalue weighted by Crippen LogP contribution is -2.34. The van der Waals surface area contributed by atoms with Gasteiger partial charge in [0, 0.05) is 5.56 Å². The number of benzene rings is 1. The average Bonchev–Trinajstić information content (AvgIpc) is 2.37. The summed E-state index contributed by atoms with van der Waals surface area (Å²) in [5, 5.41) is 9.60. The zero-order valence-electron chi connectivity index (χ0n) is 10.6. The molecular weight excluding hydrogens is 302 g/mol. The molecule has 0 radical (unpaired) electrons. The van der Waals surface area contributed by atoms with E-state index in [1.807, 2.05) is 0 Å². The second-order valence-corrected chi connectivity index (χ2v) is 4.00. The Hall–Kier alpha value is -1.05. The molecule has 0 bridgehead atoms. The molecule has 20 heavy (non-hydrogen) atoms. The Morgan fingerprint density at radius 2 is 1.85 bits per heavy atom. The molecule has 0 unspecified atom stereocenters. The Bertz CT molecular complexity index is 420. The van der Waals surface area contributed by atoms with E-state index in [1.54, 1.807) is 6.92 Å². The Labute approximate surface area is 120 Å². The molecule has 8 heteroatoms. The van der Waals surface area contributed by atoms with Gasteiger partial charge in [-0.1, -0.05) is 25.1 Å². The first-order valence-electron chi connectivity index (χ1n) is 5.67. The molecule has 0 aliphatic heterocycles. The fourth-order valence-corrected chi connectivity index (χ4v) is 1.50. The fraction of sp³-hybridized carbons (Fsp3) is 0.500. The van der Waals surface area contributed by atoms with Crippen molar-refractivity contribution in [2.45, 2.75) is 38.0 Å². The number of aliphatic hydroxyl groups is 1. The van der Waals surface area contributed by atoms with Crippen LogP contribution in [0, 0.1) is 0 Å². The maximum absolute atomic E-state index is 12.9. The summed E-state index contributed by atoms with van der Waals surface area (Å²) in [6, 6.07) is 4.31. The normalized spacial score (nSPS) is 14.6. The van der Waals surface area contributed by atoms with Crippen LogP contribution in [0.5, 0.6) is 5.75 Å². The largest absolute Gasteiger partial charge is 0.461 e. The molecule has 0 saturated carbocycles. The average molecular weight is 318 g/mol. The number of para-hydroxylation sites is 1. The lowest BCUT2D eigenvalue weighted by atomic mass is 10.00. The van der Waals surface area contributed by atoms with E-state index in [0.717, 1.165) is 6.07 Å². The zero-order valence-corrected chi connectivity index (χ0v) is 11.4. The van der Waals surface area contributed by atoms with Crippen molar-refractivity contribution in [3.63, 3.8) is 0 Å². The number of ether oxygens (including phenoxy) is 1. The van der Waals surface area contributed by atoms with E-state index in [0.29, 0.717) is 6.42 Å². The molecular formula is C12H16ClF4NO2. The number of aliphatic hydroxyl groups excluding tert-OH is 1. The topological polar surface area (TPSA) is 55.5 Å². The third-order valence-corrected chi connectivity index (χ3v) is 2.61.